The van der Waals surface area contributed by atoms with Crippen LogP contribution in [0.25, 0.3) is 0 Å². The van der Waals surface area contributed by atoms with Crippen LogP contribution in [0.4, 0.5) is 0 Å². The second kappa shape index (κ2) is 5.11. The summed E-state index contributed by atoms with van der Waals surface area (Å²) in [6.07, 6.45) is 0. The molecule has 0 aromatic carbocycles. The van der Waals surface area contributed by atoms with Crippen LogP contribution in [-0.2, 0) is 13.1 Å². The highest BCUT2D eigenvalue weighted by Crippen LogP contribution is 2.26. The summed E-state index contributed by atoms with van der Waals surface area (Å²) in [5.74, 6) is 2.04. The Morgan fingerprint density at radius 1 is 1.38 bits per heavy atom. The molecule has 0 unspecified atom stereocenters. The summed E-state index contributed by atoms with van der Waals surface area (Å²) in [6.45, 7) is 2.91. The Hall–Kier alpha value is -0.660. The Bertz CT molecular complexity index is 461. The van der Waals surface area contributed by atoms with Gasteiger partial charge in [-0.05, 0) is 44.8 Å². The third kappa shape index (κ3) is 2.93. The van der Waals surface area contributed by atoms with E-state index in [4.69, 9.17) is 8.94 Å². The third-order valence-electron chi connectivity index (χ3n) is 1.84. The number of nitrogens with zero attached hydrogens (tertiary/aromatic N) is 2. The molecular weight excluding hydrogens is 342 g/mol. The monoisotopic (exact) mass is 349 g/mol. The van der Waals surface area contributed by atoms with E-state index in [-0.39, 0.29) is 0 Å². The molecule has 0 aliphatic heterocycles. The molecule has 0 spiro atoms. The van der Waals surface area contributed by atoms with Crippen LogP contribution in [0.2, 0.25) is 0 Å². The van der Waals surface area contributed by atoms with Crippen LogP contribution in [-0.4, -0.2) is 10.1 Å². The lowest BCUT2D eigenvalue weighted by molar-refractivity contribution is 0.359. The van der Waals surface area contributed by atoms with Crippen LogP contribution in [0, 0.1) is 6.92 Å². The lowest BCUT2D eigenvalue weighted by Crippen LogP contribution is -2.12. The van der Waals surface area contributed by atoms with Crippen LogP contribution in [0.3, 0.4) is 0 Å². The van der Waals surface area contributed by atoms with Crippen molar-refractivity contribution in [1.82, 2.24) is 15.5 Å². The zero-order valence-electron chi connectivity index (χ0n) is 8.46. The molecule has 2 heterocycles. The Balaban J connectivity index is 1.84. The lowest BCUT2D eigenvalue weighted by atomic mass is 10.4. The van der Waals surface area contributed by atoms with E-state index in [2.05, 4.69) is 47.3 Å². The number of nitrogens with one attached hydrogen (secondary N) is 1. The Labute approximate surface area is 109 Å². The first kappa shape index (κ1) is 11.8. The van der Waals surface area contributed by atoms with Crippen LogP contribution < -0.4 is 5.32 Å². The van der Waals surface area contributed by atoms with Gasteiger partial charge in [0.05, 0.1) is 17.6 Å². The number of aromatic nitrogens is 2. The molecule has 0 aliphatic rings. The molecule has 16 heavy (non-hydrogen) atoms. The van der Waals surface area contributed by atoms with Crippen molar-refractivity contribution in [1.29, 1.82) is 0 Å². The van der Waals surface area contributed by atoms with Gasteiger partial charge in [-0.3, -0.25) is 0 Å². The molecule has 0 atom stereocenters. The van der Waals surface area contributed by atoms with Crippen LogP contribution in [0.5, 0.6) is 0 Å². The molecule has 2 aromatic rings. The van der Waals surface area contributed by atoms with E-state index in [0.717, 1.165) is 10.2 Å². The maximum Gasteiger partial charge on any atom is 0.240 e. The molecule has 0 saturated carbocycles. The maximum absolute atomic E-state index is 5.40. The average molecular weight is 351 g/mol. The van der Waals surface area contributed by atoms with Gasteiger partial charge in [-0.1, -0.05) is 5.16 Å². The Morgan fingerprint density at radius 3 is 2.75 bits per heavy atom. The third-order valence-corrected chi connectivity index (χ3v) is 3.55. The van der Waals surface area contributed by atoms with Crippen molar-refractivity contribution < 1.29 is 8.94 Å². The molecule has 0 amide bonds. The predicted molar refractivity (Wildman–Crippen MR) is 63.7 cm³/mol. The molecule has 1 N–H and O–H groups in total. The molecule has 0 radical (unpaired) electrons. The molecule has 5 nitrogen and oxygen atoms in total. The first-order valence-corrected chi connectivity index (χ1v) is 6.17. The summed E-state index contributed by atoms with van der Waals surface area (Å²) in [6, 6.07) is 1.90. The van der Waals surface area contributed by atoms with Crippen molar-refractivity contribution in [2.24, 2.45) is 0 Å². The smallest absolute Gasteiger partial charge is 0.240 e. The zero-order valence-corrected chi connectivity index (χ0v) is 11.6. The van der Waals surface area contributed by atoms with E-state index in [0.29, 0.717) is 29.5 Å². The zero-order chi connectivity index (χ0) is 11.5. The van der Waals surface area contributed by atoms with Gasteiger partial charge in [0.2, 0.25) is 5.89 Å². The van der Waals surface area contributed by atoms with Gasteiger partial charge >= 0.3 is 0 Å². The van der Waals surface area contributed by atoms with Gasteiger partial charge in [0.1, 0.15) is 5.76 Å². The summed E-state index contributed by atoms with van der Waals surface area (Å²) in [7, 11) is 0. The molecular formula is C9H9Br2N3O2. The number of furan rings is 1. The van der Waals surface area contributed by atoms with Crippen LogP contribution in [0.1, 0.15) is 17.5 Å². The normalized spacial score (nSPS) is 10.9. The fourth-order valence-corrected chi connectivity index (χ4v) is 1.84. The summed E-state index contributed by atoms with van der Waals surface area (Å²) in [5, 5.41) is 6.84. The molecule has 2 rings (SSSR count). The molecule has 0 aliphatic carbocycles. The van der Waals surface area contributed by atoms with E-state index in [1.54, 1.807) is 6.92 Å². The van der Waals surface area contributed by atoms with E-state index in [1.165, 1.54) is 0 Å². The molecule has 2 aromatic heterocycles. The van der Waals surface area contributed by atoms with Crippen molar-refractivity contribution in [3.05, 3.63) is 32.7 Å². The van der Waals surface area contributed by atoms with Crippen molar-refractivity contribution in [3.63, 3.8) is 0 Å². The summed E-state index contributed by atoms with van der Waals surface area (Å²) >= 11 is 6.62. The van der Waals surface area contributed by atoms with Gasteiger partial charge in [-0.15, -0.1) is 0 Å². The fraction of sp³-hybridized carbons (Fsp3) is 0.333. The highest BCUT2D eigenvalue weighted by Gasteiger charge is 2.06. The highest BCUT2D eigenvalue weighted by atomic mass is 79.9. The first-order valence-electron chi connectivity index (χ1n) is 4.59. The fourth-order valence-electron chi connectivity index (χ4n) is 1.18. The van der Waals surface area contributed by atoms with E-state index < -0.39 is 0 Å². The van der Waals surface area contributed by atoms with Gasteiger partial charge in [-0.2, -0.15) is 4.98 Å². The predicted octanol–water partition coefficient (Wildman–Crippen LogP) is 2.79. The Kier molecular flexibility index (Phi) is 3.78. The standard InChI is InChI=1S/C9H9Br2N3O2/c1-5-13-8(16-14-5)4-12-3-6-2-7(10)9(11)15-6/h2,12H,3-4H2,1H3. The number of hydrogen-bond donors (Lipinski definition) is 1. The van der Waals surface area contributed by atoms with Gasteiger partial charge in [0.15, 0.2) is 10.5 Å². The van der Waals surface area contributed by atoms with Crippen LogP contribution in [0.15, 0.2) is 24.1 Å². The summed E-state index contributed by atoms with van der Waals surface area (Å²) in [4.78, 5) is 4.08. The first-order chi connectivity index (χ1) is 7.65. The second-order valence-electron chi connectivity index (χ2n) is 3.17. The van der Waals surface area contributed by atoms with Gasteiger partial charge in [0, 0.05) is 0 Å². The maximum atomic E-state index is 5.40. The minimum Gasteiger partial charge on any atom is -0.452 e. The summed E-state index contributed by atoms with van der Waals surface area (Å²) < 4.78 is 11.9. The molecule has 7 heteroatoms. The largest absolute Gasteiger partial charge is 0.452 e. The SMILES string of the molecule is Cc1noc(CNCc2cc(Br)c(Br)o2)n1. The molecule has 86 valence electrons. The topological polar surface area (TPSA) is 64.1 Å². The van der Waals surface area contributed by atoms with Crippen molar-refractivity contribution in [2.45, 2.75) is 20.0 Å². The minimum atomic E-state index is 0.525. The number of hydrogen-bond acceptors (Lipinski definition) is 5. The Morgan fingerprint density at radius 2 is 2.19 bits per heavy atom. The summed E-state index contributed by atoms with van der Waals surface area (Å²) in [5.41, 5.74) is 0. The van der Waals surface area contributed by atoms with E-state index >= 15 is 0 Å². The molecule has 0 saturated heterocycles. The van der Waals surface area contributed by atoms with Gasteiger partial charge < -0.3 is 14.3 Å². The van der Waals surface area contributed by atoms with Crippen molar-refractivity contribution in [3.8, 4) is 0 Å². The molecule has 0 fully saturated rings. The van der Waals surface area contributed by atoms with Crippen molar-refractivity contribution in [2.75, 3.05) is 0 Å². The quantitative estimate of drug-likeness (QED) is 0.918. The second-order valence-corrected chi connectivity index (χ2v) is 4.75. The van der Waals surface area contributed by atoms with Crippen molar-refractivity contribution >= 4 is 31.9 Å². The molecule has 0 bridgehead atoms. The van der Waals surface area contributed by atoms with E-state index in [1.807, 2.05) is 6.07 Å². The van der Waals surface area contributed by atoms with Gasteiger partial charge in [-0.25, -0.2) is 0 Å². The number of halogens is 2. The number of aryl methyl sites for hydroxylation is 1. The lowest BCUT2D eigenvalue weighted by Gasteiger charge is -1.97. The van der Waals surface area contributed by atoms with E-state index in [9.17, 15) is 0 Å². The van der Waals surface area contributed by atoms with Crippen LogP contribution >= 0.6 is 31.9 Å². The minimum absolute atomic E-state index is 0.525. The average Bonchev–Trinajstić information content (AvgIpc) is 2.75. The number of rotatable bonds is 4. The van der Waals surface area contributed by atoms with Gasteiger partial charge in [0.25, 0.3) is 0 Å². The highest BCUT2D eigenvalue weighted by molar-refractivity contribution is 9.13.